The summed E-state index contributed by atoms with van der Waals surface area (Å²) in [6, 6.07) is 16.5. The van der Waals surface area contributed by atoms with Crippen molar-refractivity contribution in [3.8, 4) is 0 Å². The van der Waals surface area contributed by atoms with Crippen LogP contribution >= 0.6 is 0 Å². The van der Waals surface area contributed by atoms with E-state index in [4.69, 9.17) is 0 Å². The third kappa shape index (κ3) is 3.77. The Balaban J connectivity index is 1.38. The molecule has 2 fully saturated rings. The standard InChI is InChI=1S/C21H24N2O3S/c1-15-6-5-7-16(10-15)11-21(24)23-14-17-12-18(23)13-20(17)22-27(25,26)19-8-3-2-4-9-19/h2-10,17-18,20,22H,11-14H2,1H3/t17-,18-,20-/m0/s1. The number of amides is 1. The molecule has 4 rings (SSSR count). The molecule has 1 aliphatic carbocycles. The van der Waals surface area contributed by atoms with Crippen LogP contribution in [-0.2, 0) is 21.2 Å². The van der Waals surface area contributed by atoms with Crippen molar-refractivity contribution in [2.75, 3.05) is 6.54 Å². The van der Waals surface area contributed by atoms with Gasteiger partial charge in [-0.15, -0.1) is 0 Å². The molecule has 3 atom stereocenters. The van der Waals surface area contributed by atoms with Crippen LogP contribution in [-0.4, -0.2) is 37.9 Å². The normalized spacial score (nSPS) is 24.3. The number of piperidine rings is 1. The Morgan fingerprint density at radius 2 is 1.89 bits per heavy atom. The number of hydrogen-bond donors (Lipinski definition) is 1. The van der Waals surface area contributed by atoms with Gasteiger partial charge in [-0.05, 0) is 43.4 Å². The molecule has 1 amide bonds. The third-order valence-corrected chi connectivity index (χ3v) is 7.17. The van der Waals surface area contributed by atoms with Gasteiger partial charge in [0.25, 0.3) is 0 Å². The van der Waals surface area contributed by atoms with Crippen molar-refractivity contribution >= 4 is 15.9 Å². The molecule has 1 aliphatic heterocycles. The van der Waals surface area contributed by atoms with E-state index >= 15 is 0 Å². The number of aryl methyl sites for hydroxylation is 1. The van der Waals surface area contributed by atoms with Gasteiger partial charge < -0.3 is 4.90 Å². The maximum atomic E-state index is 12.7. The van der Waals surface area contributed by atoms with Gasteiger partial charge >= 0.3 is 0 Å². The molecule has 27 heavy (non-hydrogen) atoms. The summed E-state index contributed by atoms with van der Waals surface area (Å²) in [5, 5.41) is 0. The Bertz CT molecular complexity index is 943. The number of nitrogens with one attached hydrogen (secondary N) is 1. The number of fused-ring (bicyclic) bond motifs is 2. The number of rotatable bonds is 5. The maximum absolute atomic E-state index is 12.7. The van der Waals surface area contributed by atoms with Crippen molar-refractivity contribution in [1.29, 1.82) is 0 Å². The molecule has 2 bridgehead atoms. The highest BCUT2D eigenvalue weighted by molar-refractivity contribution is 7.89. The number of benzene rings is 2. The Kier molecular flexibility index (Phi) is 4.78. The predicted octanol–water partition coefficient (Wildman–Crippen LogP) is 2.51. The first-order valence-corrected chi connectivity index (χ1v) is 10.8. The highest BCUT2D eigenvalue weighted by Crippen LogP contribution is 2.38. The highest BCUT2D eigenvalue weighted by Gasteiger charge is 2.47. The molecule has 1 saturated carbocycles. The van der Waals surface area contributed by atoms with E-state index < -0.39 is 10.0 Å². The summed E-state index contributed by atoms with van der Waals surface area (Å²) in [5.41, 5.74) is 2.18. The summed E-state index contributed by atoms with van der Waals surface area (Å²) in [4.78, 5) is 15.0. The zero-order chi connectivity index (χ0) is 19.0. The number of hydrogen-bond acceptors (Lipinski definition) is 3. The van der Waals surface area contributed by atoms with Crippen molar-refractivity contribution < 1.29 is 13.2 Å². The number of carbonyl (C=O) groups excluding carboxylic acids is 1. The minimum absolute atomic E-state index is 0.0942. The van der Waals surface area contributed by atoms with Crippen molar-refractivity contribution in [1.82, 2.24) is 9.62 Å². The van der Waals surface area contributed by atoms with Gasteiger partial charge in [0, 0.05) is 18.6 Å². The third-order valence-electron chi connectivity index (χ3n) is 5.66. The van der Waals surface area contributed by atoms with E-state index in [0.717, 1.165) is 17.5 Å². The topological polar surface area (TPSA) is 66.5 Å². The van der Waals surface area contributed by atoms with Gasteiger partial charge in [0.15, 0.2) is 0 Å². The van der Waals surface area contributed by atoms with Crippen molar-refractivity contribution in [3.05, 3.63) is 65.7 Å². The average molecular weight is 385 g/mol. The molecular formula is C21H24N2O3S. The lowest BCUT2D eigenvalue weighted by Gasteiger charge is -2.32. The Morgan fingerprint density at radius 3 is 2.56 bits per heavy atom. The van der Waals surface area contributed by atoms with Crippen LogP contribution in [0.1, 0.15) is 24.0 Å². The SMILES string of the molecule is Cc1cccc(CC(=O)N2C[C@@H]3C[C@H]2C[C@@H]3NS(=O)(=O)c2ccccc2)c1. The molecule has 0 radical (unpaired) electrons. The van der Waals surface area contributed by atoms with E-state index in [1.54, 1.807) is 30.3 Å². The molecule has 1 heterocycles. The van der Waals surface area contributed by atoms with E-state index in [0.29, 0.717) is 24.3 Å². The van der Waals surface area contributed by atoms with Gasteiger partial charge in [-0.1, -0.05) is 48.0 Å². The quantitative estimate of drug-likeness (QED) is 0.861. The Labute approximate surface area is 160 Å². The van der Waals surface area contributed by atoms with Gasteiger partial charge in [-0.25, -0.2) is 13.1 Å². The second-order valence-electron chi connectivity index (χ2n) is 7.64. The van der Waals surface area contributed by atoms with Crippen molar-refractivity contribution in [2.24, 2.45) is 5.92 Å². The lowest BCUT2D eigenvalue weighted by Crippen LogP contribution is -2.48. The largest absolute Gasteiger partial charge is 0.339 e. The first kappa shape index (κ1) is 18.2. The second-order valence-corrected chi connectivity index (χ2v) is 9.35. The van der Waals surface area contributed by atoms with Gasteiger partial charge in [0.05, 0.1) is 11.3 Å². The van der Waals surface area contributed by atoms with Crippen LogP contribution < -0.4 is 4.72 Å². The van der Waals surface area contributed by atoms with E-state index in [-0.39, 0.29) is 23.9 Å². The van der Waals surface area contributed by atoms with Crippen LogP contribution in [0, 0.1) is 12.8 Å². The molecule has 0 unspecified atom stereocenters. The average Bonchev–Trinajstić information content (AvgIpc) is 3.22. The summed E-state index contributed by atoms with van der Waals surface area (Å²) in [6.45, 7) is 2.66. The molecule has 1 saturated heterocycles. The number of nitrogens with zero attached hydrogens (tertiary/aromatic N) is 1. The van der Waals surface area contributed by atoms with Gasteiger partial charge in [-0.3, -0.25) is 4.79 Å². The molecule has 0 aromatic heterocycles. The number of carbonyl (C=O) groups is 1. The summed E-state index contributed by atoms with van der Waals surface area (Å²) in [7, 11) is -3.51. The van der Waals surface area contributed by atoms with Crippen LogP contribution in [0.3, 0.4) is 0 Å². The minimum Gasteiger partial charge on any atom is -0.339 e. The molecule has 6 heteroatoms. The van der Waals surface area contributed by atoms with E-state index in [1.165, 1.54) is 0 Å². The van der Waals surface area contributed by atoms with E-state index in [1.807, 2.05) is 36.1 Å². The smallest absolute Gasteiger partial charge is 0.240 e. The fourth-order valence-corrected chi connectivity index (χ4v) is 5.71. The fourth-order valence-electron chi connectivity index (χ4n) is 4.37. The highest BCUT2D eigenvalue weighted by atomic mass is 32.2. The van der Waals surface area contributed by atoms with Gasteiger partial charge in [0.1, 0.15) is 0 Å². The summed E-state index contributed by atoms with van der Waals surface area (Å²) in [6.07, 6.45) is 1.98. The van der Waals surface area contributed by atoms with E-state index in [9.17, 15) is 13.2 Å². The predicted molar refractivity (Wildman–Crippen MR) is 104 cm³/mol. The molecule has 142 valence electrons. The van der Waals surface area contributed by atoms with Crippen LogP contribution in [0.15, 0.2) is 59.5 Å². The van der Waals surface area contributed by atoms with Gasteiger partial charge in [0.2, 0.25) is 15.9 Å². The van der Waals surface area contributed by atoms with Crippen LogP contribution in [0.25, 0.3) is 0 Å². The molecule has 2 aliphatic rings. The number of likely N-dealkylation sites (tertiary alicyclic amines) is 1. The summed E-state index contributed by atoms with van der Waals surface area (Å²) < 4.78 is 28.0. The first-order valence-electron chi connectivity index (χ1n) is 9.35. The summed E-state index contributed by atoms with van der Waals surface area (Å²) in [5.74, 6) is 0.326. The lowest BCUT2D eigenvalue weighted by molar-refractivity contribution is -0.132. The van der Waals surface area contributed by atoms with Gasteiger partial charge in [-0.2, -0.15) is 0 Å². The van der Waals surface area contributed by atoms with Crippen LogP contribution in [0.4, 0.5) is 0 Å². The zero-order valence-electron chi connectivity index (χ0n) is 15.3. The molecule has 2 aromatic rings. The van der Waals surface area contributed by atoms with Crippen molar-refractivity contribution in [3.63, 3.8) is 0 Å². The maximum Gasteiger partial charge on any atom is 0.240 e. The number of sulfonamides is 1. The Morgan fingerprint density at radius 1 is 1.11 bits per heavy atom. The minimum atomic E-state index is -3.51. The molecule has 2 aromatic carbocycles. The fraction of sp³-hybridized carbons (Fsp3) is 0.381. The van der Waals surface area contributed by atoms with Crippen molar-refractivity contribution in [2.45, 2.75) is 43.2 Å². The molecule has 1 N–H and O–H groups in total. The molecule has 0 spiro atoms. The van der Waals surface area contributed by atoms with Crippen LogP contribution in [0.5, 0.6) is 0 Å². The first-order chi connectivity index (χ1) is 12.9. The molecular weight excluding hydrogens is 360 g/mol. The van der Waals surface area contributed by atoms with Crippen LogP contribution in [0.2, 0.25) is 0 Å². The summed E-state index contributed by atoms with van der Waals surface area (Å²) >= 11 is 0. The lowest BCUT2D eigenvalue weighted by atomic mass is 10.0. The van der Waals surface area contributed by atoms with E-state index in [2.05, 4.69) is 4.72 Å². The second kappa shape index (κ2) is 7.09. The monoisotopic (exact) mass is 384 g/mol. The Hall–Kier alpha value is -2.18. The zero-order valence-corrected chi connectivity index (χ0v) is 16.2. The molecule has 5 nitrogen and oxygen atoms in total.